The largest absolute Gasteiger partial charge is 0.449 e. The molecule has 0 radical (unpaired) electrons. The lowest BCUT2D eigenvalue weighted by atomic mass is 9.86. The maximum Gasteiger partial charge on any atom is 0.404 e. The standard InChI is InChI=1S/C11H15NO2/c1-11(2,8-14-10(12)13)9-6-4-3-5-7-9/h3-7H,8H2,1-2H3,(H2,12,13). The van der Waals surface area contributed by atoms with Gasteiger partial charge in [0, 0.05) is 5.41 Å². The first-order valence-electron chi connectivity index (χ1n) is 4.50. The van der Waals surface area contributed by atoms with Crippen LogP contribution in [0.4, 0.5) is 4.79 Å². The second-order valence-electron chi connectivity index (χ2n) is 3.86. The molecule has 1 aromatic rings. The van der Waals surface area contributed by atoms with E-state index in [1.165, 1.54) is 0 Å². The van der Waals surface area contributed by atoms with E-state index in [2.05, 4.69) is 0 Å². The molecule has 0 heterocycles. The van der Waals surface area contributed by atoms with E-state index in [4.69, 9.17) is 10.5 Å². The molecule has 3 nitrogen and oxygen atoms in total. The molecule has 0 spiro atoms. The lowest BCUT2D eigenvalue weighted by Gasteiger charge is -2.24. The Morgan fingerprint density at radius 2 is 1.93 bits per heavy atom. The van der Waals surface area contributed by atoms with Crippen molar-refractivity contribution in [2.75, 3.05) is 6.61 Å². The van der Waals surface area contributed by atoms with Crippen molar-refractivity contribution in [1.82, 2.24) is 0 Å². The fourth-order valence-corrected chi connectivity index (χ4v) is 1.22. The number of benzene rings is 1. The molecule has 2 N–H and O–H groups in total. The van der Waals surface area contributed by atoms with E-state index in [0.717, 1.165) is 5.56 Å². The number of ether oxygens (including phenoxy) is 1. The molecule has 0 saturated carbocycles. The summed E-state index contributed by atoms with van der Waals surface area (Å²) in [6.07, 6.45) is -0.728. The molecule has 1 rings (SSSR count). The van der Waals surface area contributed by atoms with Crippen LogP contribution in [0.2, 0.25) is 0 Å². The second kappa shape index (κ2) is 4.13. The van der Waals surface area contributed by atoms with E-state index in [0.29, 0.717) is 6.61 Å². The number of hydrogen-bond acceptors (Lipinski definition) is 2. The third-order valence-corrected chi connectivity index (χ3v) is 2.13. The molecule has 14 heavy (non-hydrogen) atoms. The van der Waals surface area contributed by atoms with E-state index in [9.17, 15) is 4.79 Å². The van der Waals surface area contributed by atoms with Crippen LogP contribution in [0, 0.1) is 0 Å². The number of carbonyl (C=O) groups excluding carboxylic acids is 1. The van der Waals surface area contributed by atoms with Gasteiger partial charge in [0.15, 0.2) is 0 Å². The maximum absolute atomic E-state index is 10.5. The minimum atomic E-state index is -0.728. The first kappa shape index (κ1) is 10.6. The van der Waals surface area contributed by atoms with Crippen molar-refractivity contribution in [2.24, 2.45) is 5.73 Å². The predicted molar refractivity (Wildman–Crippen MR) is 55.0 cm³/mol. The van der Waals surface area contributed by atoms with Crippen molar-refractivity contribution in [3.05, 3.63) is 35.9 Å². The summed E-state index contributed by atoms with van der Waals surface area (Å²) in [6, 6.07) is 9.88. The molecule has 3 heteroatoms. The zero-order valence-corrected chi connectivity index (χ0v) is 8.49. The smallest absolute Gasteiger partial charge is 0.404 e. The SMILES string of the molecule is CC(C)(COC(N)=O)c1ccccc1. The van der Waals surface area contributed by atoms with Gasteiger partial charge >= 0.3 is 6.09 Å². The summed E-state index contributed by atoms with van der Waals surface area (Å²) in [5, 5.41) is 0. The summed E-state index contributed by atoms with van der Waals surface area (Å²) in [6.45, 7) is 4.31. The Kier molecular flexibility index (Phi) is 3.12. The van der Waals surface area contributed by atoms with E-state index in [-0.39, 0.29) is 5.41 Å². The van der Waals surface area contributed by atoms with Crippen molar-refractivity contribution in [3.8, 4) is 0 Å². The Morgan fingerprint density at radius 3 is 2.43 bits per heavy atom. The Morgan fingerprint density at radius 1 is 1.36 bits per heavy atom. The van der Waals surface area contributed by atoms with E-state index < -0.39 is 6.09 Å². The van der Waals surface area contributed by atoms with Crippen LogP contribution in [-0.4, -0.2) is 12.7 Å². The van der Waals surface area contributed by atoms with Gasteiger partial charge in [-0.1, -0.05) is 44.2 Å². The van der Waals surface area contributed by atoms with Crippen LogP contribution >= 0.6 is 0 Å². The summed E-state index contributed by atoms with van der Waals surface area (Å²) < 4.78 is 4.80. The molecule has 0 aliphatic heterocycles. The van der Waals surface area contributed by atoms with Gasteiger partial charge in [0.1, 0.15) is 6.61 Å². The van der Waals surface area contributed by atoms with Crippen LogP contribution in [-0.2, 0) is 10.2 Å². The Hall–Kier alpha value is -1.51. The van der Waals surface area contributed by atoms with Gasteiger partial charge < -0.3 is 10.5 Å². The average Bonchev–Trinajstić information content (AvgIpc) is 2.16. The number of primary amides is 1. The van der Waals surface area contributed by atoms with E-state index >= 15 is 0 Å². The van der Waals surface area contributed by atoms with Crippen molar-refractivity contribution >= 4 is 6.09 Å². The molecule has 0 aliphatic rings. The van der Waals surface area contributed by atoms with E-state index in [1.807, 2.05) is 44.2 Å². The summed E-state index contributed by atoms with van der Waals surface area (Å²) in [7, 11) is 0. The molecular weight excluding hydrogens is 178 g/mol. The van der Waals surface area contributed by atoms with Gasteiger partial charge in [0.05, 0.1) is 0 Å². The van der Waals surface area contributed by atoms with Crippen LogP contribution in [0.5, 0.6) is 0 Å². The number of carbonyl (C=O) groups is 1. The monoisotopic (exact) mass is 193 g/mol. The highest BCUT2D eigenvalue weighted by Crippen LogP contribution is 2.22. The molecule has 0 unspecified atom stereocenters. The van der Waals surface area contributed by atoms with Gasteiger partial charge in [-0.3, -0.25) is 0 Å². The van der Waals surface area contributed by atoms with Gasteiger partial charge in [0.25, 0.3) is 0 Å². The molecular formula is C11H15NO2. The number of hydrogen-bond donors (Lipinski definition) is 1. The van der Waals surface area contributed by atoms with Crippen LogP contribution in [0.1, 0.15) is 19.4 Å². The zero-order chi connectivity index (χ0) is 10.6. The number of amides is 1. The topological polar surface area (TPSA) is 52.3 Å². The van der Waals surface area contributed by atoms with Crippen molar-refractivity contribution < 1.29 is 9.53 Å². The Labute approximate surface area is 83.9 Å². The fourth-order valence-electron chi connectivity index (χ4n) is 1.22. The summed E-state index contributed by atoms with van der Waals surface area (Å²) >= 11 is 0. The average molecular weight is 193 g/mol. The molecule has 76 valence electrons. The molecule has 0 bridgehead atoms. The molecule has 0 aliphatic carbocycles. The predicted octanol–water partition coefficient (Wildman–Crippen LogP) is 2.06. The molecule has 0 aromatic heterocycles. The van der Waals surface area contributed by atoms with E-state index in [1.54, 1.807) is 0 Å². The van der Waals surface area contributed by atoms with Gasteiger partial charge in [-0.05, 0) is 5.56 Å². The summed E-state index contributed by atoms with van der Waals surface area (Å²) in [5.74, 6) is 0. The first-order chi connectivity index (χ1) is 6.52. The van der Waals surface area contributed by atoms with Crippen LogP contribution in [0.3, 0.4) is 0 Å². The zero-order valence-electron chi connectivity index (χ0n) is 8.49. The first-order valence-corrected chi connectivity index (χ1v) is 4.50. The van der Waals surface area contributed by atoms with Gasteiger partial charge in [0.2, 0.25) is 0 Å². The quantitative estimate of drug-likeness (QED) is 0.798. The molecule has 1 aromatic carbocycles. The van der Waals surface area contributed by atoms with Gasteiger partial charge in [-0.15, -0.1) is 0 Å². The van der Waals surface area contributed by atoms with Crippen molar-refractivity contribution in [3.63, 3.8) is 0 Å². The third kappa shape index (κ3) is 2.76. The third-order valence-electron chi connectivity index (χ3n) is 2.13. The number of rotatable bonds is 3. The highest BCUT2D eigenvalue weighted by atomic mass is 16.5. The summed E-state index contributed by atoms with van der Waals surface area (Å²) in [5.41, 5.74) is 5.84. The lowest BCUT2D eigenvalue weighted by molar-refractivity contribution is 0.133. The molecule has 1 amide bonds. The fraction of sp³-hybridized carbons (Fsp3) is 0.364. The molecule has 0 fully saturated rings. The minimum absolute atomic E-state index is 0.198. The summed E-state index contributed by atoms with van der Waals surface area (Å²) in [4.78, 5) is 10.5. The second-order valence-corrected chi connectivity index (χ2v) is 3.86. The van der Waals surface area contributed by atoms with Crippen molar-refractivity contribution in [1.29, 1.82) is 0 Å². The number of nitrogens with two attached hydrogens (primary N) is 1. The molecule has 0 atom stereocenters. The van der Waals surface area contributed by atoms with Gasteiger partial charge in [-0.25, -0.2) is 4.79 Å². The van der Waals surface area contributed by atoms with Crippen LogP contribution in [0.25, 0.3) is 0 Å². The Balaban J connectivity index is 2.70. The van der Waals surface area contributed by atoms with Crippen LogP contribution in [0.15, 0.2) is 30.3 Å². The molecule has 0 saturated heterocycles. The maximum atomic E-state index is 10.5. The van der Waals surface area contributed by atoms with Crippen LogP contribution < -0.4 is 5.73 Å². The normalized spacial score (nSPS) is 11.0. The minimum Gasteiger partial charge on any atom is -0.449 e. The highest BCUT2D eigenvalue weighted by molar-refractivity contribution is 5.64. The highest BCUT2D eigenvalue weighted by Gasteiger charge is 2.21. The lowest BCUT2D eigenvalue weighted by Crippen LogP contribution is -2.28. The Bertz CT molecular complexity index is 306. The van der Waals surface area contributed by atoms with Gasteiger partial charge in [-0.2, -0.15) is 0 Å². The van der Waals surface area contributed by atoms with Crippen molar-refractivity contribution in [2.45, 2.75) is 19.3 Å².